The van der Waals surface area contributed by atoms with Crippen molar-refractivity contribution in [2.45, 2.75) is 31.8 Å². The molecule has 15 heavy (non-hydrogen) atoms. The summed E-state index contributed by atoms with van der Waals surface area (Å²) in [5.74, 6) is 0. The van der Waals surface area contributed by atoms with Gasteiger partial charge < -0.3 is 10.8 Å². The molecule has 2 heteroatoms. The summed E-state index contributed by atoms with van der Waals surface area (Å²) in [6, 6.07) is 9.89. The molecule has 0 aliphatic heterocycles. The van der Waals surface area contributed by atoms with Crippen LogP contribution in [0.4, 0.5) is 0 Å². The van der Waals surface area contributed by atoms with E-state index in [9.17, 15) is 5.11 Å². The van der Waals surface area contributed by atoms with E-state index in [-0.39, 0.29) is 5.41 Å². The SMILES string of the molecule is NCC1(C(O)c2ccccc2)CCCC1. The minimum absolute atomic E-state index is 0.0681. The summed E-state index contributed by atoms with van der Waals surface area (Å²) in [4.78, 5) is 0. The molecule has 1 aliphatic rings. The molecule has 0 spiro atoms. The Morgan fingerprint density at radius 3 is 2.33 bits per heavy atom. The zero-order valence-electron chi connectivity index (χ0n) is 9.02. The predicted octanol–water partition coefficient (Wildman–Crippen LogP) is 2.24. The Kier molecular flexibility index (Phi) is 3.08. The fraction of sp³-hybridized carbons (Fsp3) is 0.538. The normalized spacial score (nSPS) is 21.5. The van der Waals surface area contributed by atoms with Gasteiger partial charge in [0.25, 0.3) is 0 Å². The highest BCUT2D eigenvalue weighted by atomic mass is 16.3. The third-order valence-electron chi connectivity index (χ3n) is 3.70. The first-order valence-corrected chi connectivity index (χ1v) is 5.72. The smallest absolute Gasteiger partial charge is 0.0858 e. The second-order valence-electron chi connectivity index (χ2n) is 4.59. The summed E-state index contributed by atoms with van der Waals surface area (Å²) in [6.07, 6.45) is 4.10. The molecule has 2 nitrogen and oxygen atoms in total. The van der Waals surface area contributed by atoms with Crippen molar-refractivity contribution in [1.29, 1.82) is 0 Å². The summed E-state index contributed by atoms with van der Waals surface area (Å²) in [6.45, 7) is 0.586. The molecule has 82 valence electrons. The van der Waals surface area contributed by atoms with Gasteiger partial charge in [0, 0.05) is 12.0 Å². The lowest BCUT2D eigenvalue weighted by molar-refractivity contribution is 0.0333. The molecule has 1 fully saturated rings. The first-order chi connectivity index (χ1) is 7.28. The van der Waals surface area contributed by atoms with Crippen LogP contribution in [0.15, 0.2) is 30.3 Å². The zero-order chi connectivity index (χ0) is 10.7. The summed E-state index contributed by atoms with van der Waals surface area (Å²) in [5.41, 5.74) is 6.78. The Bertz CT molecular complexity index is 304. The van der Waals surface area contributed by atoms with Crippen LogP contribution in [-0.2, 0) is 0 Å². The highest BCUT2D eigenvalue weighted by Gasteiger charge is 2.39. The van der Waals surface area contributed by atoms with E-state index in [0.717, 1.165) is 18.4 Å². The van der Waals surface area contributed by atoms with Crippen molar-refractivity contribution in [1.82, 2.24) is 0 Å². The van der Waals surface area contributed by atoms with Crippen molar-refractivity contribution in [2.24, 2.45) is 11.1 Å². The van der Waals surface area contributed by atoms with Crippen molar-refractivity contribution < 1.29 is 5.11 Å². The Balaban J connectivity index is 2.22. The number of aliphatic hydroxyl groups excluding tert-OH is 1. The Morgan fingerprint density at radius 1 is 1.20 bits per heavy atom. The summed E-state index contributed by atoms with van der Waals surface area (Å²) in [7, 11) is 0. The highest BCUT2D eigenvalue weighted by molar-refractivity contribution is 5.20. The lowest BCUT2D eigenvalue weighted by atomic mass is 9.77. The van der Waals surface area contributed by atoms with E-state index in [1.807, 2.05) is 30.3 Å². The van der Waals surface area contributed by atoms with Crippen molar-refractivity contribution in [3.8, 4) is 0 Å². The number of rotatable bonds is 3. The van der Waals surface area contributed by atoms with E-state index < -0.39 is 6.10 Å². The zero-order valence-corrected chi connectivity index (χ0v) is 9.02. The summed E-state index contributed by atoms with van der Waals surface area (Å²) in [5, 5.41) is 10.4. The van der Waals surface area contributed by atoms with Gasteiger partial charge in [0.1, 0.15) is 0 Å². The first-order valence-electron chi connectivity index (χ1n) is 5.72. The fourth-order valence-electron chi connectivity index (χ4n) is 2.66. The molecule has 0 amide bonds. The molecule has 0 radical (unpaired) electrons. The Labute approximate surface area is 91.1 Å². The molecular weight excluding hydrogens is 186 g/mol. The average Bonchev–Trinajstić information content (AvgIpc) is 2.79. The van der Waals surface area contributed by atoms with E-state index in [2.05, 4.69) is 0 Å². The molecular formula is C13H19NO. The molecule has 0 bridgehead atoms. The van der Waals surface area contributed by atoms with Gasteiger partial charge in [-0.15, -0.1) is 0 Å². The van der Waals surface area contributed by atoms with Crippen molar-refractivity contribution in [3.05, 3.63) is 35.9 Å². The van der Waals surface area contributed by atoms with Gasteiger partial charge in [0.2, 0.25) is 0 Å². The van der Waals surface area contributed by atoms with Crippen LogP contribution in [0.5, 0.6) is 0 Å². The quantitative estimate of drug-likeness (QED) is 0.795. The Morgan fingerprint density at radius 2 is 1.80 bits per heavy atom. The number of nitrogens with two attached hydrogens (primary N) is 1. The topological polar surface area (TPSA) is 46.2 Å². The predicted molar refractivity (Wildman–Crippen MR) is 61.4 cm³/mol. The molecule has 1 aromatic carbocycles. The second kappa shape index (κ2) is 4.33. The molecule has 1 atom stereocenters. The van der Waals surface area contributed by atoms with Crippen LogP contribution in [0.2, 0.25) is 0 Å². The molecule has 1 unspecified atom stereocenters. The summed E-state index contributed by atoms with van der Waals surface area (Å²) < 4.78 is 0. The molecule has 1 saturated carbocycles. The highest BCUT2D eigenvalue weighted by Crippen LogP contribution is 2.46. The molecule has 2 rings (SSSR count). The van der Waals surface area contributed by atoms with Crippen LogP contribution in [0.3, 0.4) is 0 Å². The van der Waals surface area contributed by atoms with E-state index in [4.69, 9.17) is 5.73 Å². The van der Waals surface area contributed by atoms with Gasteiger partial charge in [0.05, 0.1) is 6.10 Å². The minimum atomic E-state index is -0.397. The molecule has 0 heterocycles. The lowest BCUT2D eigenvalue weighted by Gasteiger charge is -2.33. The van der Waals surface area contributed by atoms with Crippen molar-refractivity contribution in [2.75, 3.05) is 6.54 Å². The molecule has 0 aromatic heterocycles. The van der Waals surface area contributed by atoms with E-state index >= 15 is 0 Å². The van der Waals surface area contributed by atoms with Crippen LogP contribution in [0.1, 0.15) is 37.4 Å². The monoisotopic (exact) mass is 205 g/mol. The third-order valence-corrected chi connectivity index (χ3v) is 3.70. The largest absolute Gasteiger partial charge is 0.388 e. The van der Waals surface area contributed by atoms with Gasteiger partial charge in [0.15, 0.2) is 0 Å². The molecule has 0 saturated heterocycles. The lowest BCUT2D eigenvalue weighted by Crippen LogP contribution is -2.34. The minimum Gasteiger partial charge on any atom is -0.388 e. The fourth-order valence-corrected chi connectivity index (χ4v) is 2.66. The number of benzene rings is 1. The average molecular weight is 205 g/mol. The van der Waals surface area contributed by atoms with Gasteiger partial charge in [-0.2, -0.15) is 0 Å². The number of aliphatic hydroxyl groups is 1. The molecule has 3 N–H and O–H groups in total. The molecule has 1 aromatic rings. The van der Waals surface area contributed by atoms with Crippen LogP contribution in [-0.4, -0.2) is 11.7 Å². The Hall–Kier alpha value is -0.860. The van der Waals surface area contributed by atoms with Gasteiger partial charge in [-0.25, -0.2) is 0 Å². The van der Waals surface area contributed by atoms with Crippen LogP contribution in [0.25, 0.3) is 0 Å². The van der Waals surface area contributed by atoms with Crippen LogP contribution in [0, 0.1) is 5.41 Å². The van der Waals surface area contributed by atoms with Crippen LogP contribution >= 0.6 is 0 Å². The maximum atomic E-state index is 10.4. The number of hydrogen-bond acceptors (Lipinski definition) is 2. The van der Waals surface area contributed by atoms with Gasteiger partial charge in [-0.05, 0) is 18.4 Å². The van der Waals surface area contributed by atoms with Gasteiger partial charge in [-0.3, -0.25) is 0 Å². The second-order valence-corrected chi connectivity index (χ2v) is 4.59. The van der Waals surface area contributed by atoms with Crippen LogP contribution < -0.4 is 5.73 Å². The van der Waals surface area contributed by atoms with Gasteiger partial charge >= 0.3 is 0 Å². The molecule has 1 aliphatic carbocycles. The van der Waals surface area contributed by atoms with E-state index in [1.165, 1.54) is 12.8 Å². The maximum Gasteiger partial charge on any atom is 0.0858 e. The standard InChI is InChI=1S/C13H19NO/c14-10-13(8-4-5-9-13)12(15)11-6-2-1-3-7-11/h1-3,6-7,12,15H,4-5,8-10,14H2. The van der Waals surface area contributed by atoms with E-state index in [1.54, 1.807) is 0 Å². The van der Waals surface area contributed by atoms with Gasteiger partial charge in [-0.1, -0.05) is 43.2 Å². The number of hydrogen-bond donors (Lipinski definition) is 2. The van der Waals surface area contributed by atoms with E-state index in [0.29, 0.717) is 6.54 Å². The summed E-state index contributed by atoms with van der Waals surface area (Å²) >= 11 is 0. The first kappa shape index (κ1) is 10.7. The maximum absolute atomic E-state index is 10.4. The van der Waals surface area contributed by atoms with Crippen molar-refractivity contribution in [3.63, 3.8) is 0 Å². The van der Waals surface area contributed by atoms with Crippen molar-refractivity contribution >= 4 is 0 Å². The third kappa shape index (κ3) is 1.92.